The zero-order chi connectivity index (χ0) is 14.8. The van der Waals surface area contributed by atoms with Crippen LogP contribution in [0.25, 0.3) is 0 Å². The molecule has 1 N–H and O–H groups in total. The molecule has 0 amide bonds. The van der Waals surface area contributed by atoms with Crippen molar-refractivity contribution in [2.45, 2.75) is 18.6 Å². The van der Waals surface area contributed by atoms with Gasteiger partial charge in [0.25, 0.3) is 0 Å². The minimum Gasteiger partial charge on any atom is -0.391 e. The predicted molar refractivity (Wildman–Crippen MR) is 82.1 cm³/mol. The van der Waals surface area contributed by atoms with Gasteiger partial charge in [0.15, 0.2) is 15.0 Å². The molecule has 0 bridgehead atoms. The molecular formula is C11H18N2O4S3. The molecule has 1 aromatic heterocycles. The predicted octanol–water partition coefficient (Wildman–Crippen LogP) is 0.706. The molecule has 2 rings (SSSR count). The van der Waals surface area contributed by atoms with E-state index in [9.17, 15) is 13.5 Å². The Labute approximate surface area is 127 Å². The summed E-state index contributed by atoms with van der Waals surface area (Å²) in [6, 6.07) is 0. The third-order valence-corrected chi connectivity index (χ3v) is 6.78. The van der Waals surface area contributed by atoms with E-state index in [1.54, 1.807) is 18.9 Å². The fourth-order valence-corrected chi connectivity index (χ4v) is 5.90. The maximum atomic E-state index is 11.9. The first-order chi connectivity index (χ1) is 9.47. The molecule has 1 atom stereocenters. The van der Waals surface area contributed by atoms with E-state index in [4.69, 9.17) is 4.74 Å². The fourth-order valence-electron chi connectivity index (χ4n) is 2.02. The van der Waals surface area contributed by atoms with Crippen LogP contribution in [0.3, 0.4) is 0 Å². The van der Waals surface area contributed by atoms with Gasteiger partial charge in [-0.2, -0.15) is 11.8 Å². The van der Waals surface area contributed by atoms with E-state index in [1.165, 1.54) is 17.6 Å². The molecule has 1 aliphatic rings. The number of thioether (sulfide) groups is 1. The number of rotatable bonds is 5. The van der Waals surface area contributed by atoms with Gasteiger partial charge in [-0.25, -0.2) is 13.4 Å². The quantitative estimate of drug-likeness (QED) is 0.847. The lowest BCUT2D eigenvalue weighted by Crippen LogP contribution is -2.47. The van der Waals surface area contributed by atoms with Crippen molar-refractivity contribution in [1.29, 1.82) is 0 Å². The first-order valence-electron chi connectivity index (χ1n) is 6.09. The Morgan fingerprint density at radius 2 is 2.30 bits per heavy atom. The number of hydrogen-bond acceptors (Lipinski definition) is 8. The second-order valence-corrected chi connectivity index (χ2v) is 8.93. The van der Waals surface area contributed by atoms with E-state index >= 15 is 0 Å². The maximum absolute atomic E-state index is 11.9. The van der Waals surface area contributed by atoms with Gasteiger partial charge in [-0.15, -0.1) is 0 Å². The molecule has 0 aromatic carbocycles. The van der Waals surface area contributed by atoms with Gasteiger partial charge in [0.1, 0.15) is 5.37 Å². The first-order valence-corrected chi connectivity index (χ1v) is 10.0. The topological polar surface area (TPSA) is 79.7 Å². The average Bonchev–Trinajstić information content (AvgIpc) is 2.81. The normalized spacial score (nSPS) is 20.4. The van der Waals surface area contributed by atoms with Gasteiger partial charge in [-0.05, 0) is 0 Å². The van der Waals surface area contributed by atoms with Crippen LogP contribution >= 0.6 is 23.1 Å². The number of aliphatic hydroxyl groups is 1. The van der Waals surface area contributed by atoms with Crippen molar-refractivity contribution in [3.63, 3.8) is 0 Å². The summed E-state index contributed by atoms with van der Waals surface area (Å²) in [5.41, 5.74) is 0.681. The van der Waals surface area contributed by atoms with Gasteiger partial charge in [-0.1, -0.05) is 11.3 Å². The molecule has 1 fully saturated rings. The molecule has 114 valence electrons. The number of sulfone groups is 1. The highest BCUT2D eigenvalue weighted by Gasteiger charge is 2.33. The van der Waals surface area contributed by atoms with Crippen LogP contribution in [0.4, 0.5) is 5.13 Å². The largest absolute Gasteiger partial charge is 0.391 e. The standard InChI is InChI=1S/C11H18N2O4S3/c1-17-6-8-9(5-14)19-11(12-8)13-3-4-18-7-10(13)20(2,15)16/h10,14H,3-7H2,1-2H3. The summed E-state index contributed by atoms with van der Waals surface area (Å²) in [6.45, 7) is 0.855. The number of methoxy groups -OCH3 is 1. The highest BCUT2D eigenvalue weighted by molar-refractivity contribution is 8.01. The van der Waals surface area contributed by atoms with Crippen LogP contribution in [-0.4, -0.2) is 55.3 Å². The lowest BCUT2D eigenvalue weighted by Gasteiger charge is -2.33. The number of nitrogens with zero attached hydrogens (tertiary/aromatic N) is 2. The number of ether oxygens (including phenoxy) is 1. The van der Waals surface area contributed by atoms with E-state index in [0.717, 1.165) is 10.6 Å². The van der Waals surface area contributed by atoms with Crippen LogP contribution in [0.2, 0.25) is 0 Å². The van der Waals surface area contributed by atoms with Crippen molar-refractivity contribution >= 4 is 38.1 Å². The molecular weight excluding hydrogens is 320 g/mol. The van der Waals surface area contributed by atoms with Gasteiger partial charge in [0.2, 0.25) is 0 Å². The molecule has 1 aliphatic heterocycles. The molecule has 1 aromatic rings. The average molecular weight is 338 g/mol. The molecule has 0 spiro atoms. The Bertz CT molecular complexity index is 558. The number of hydrogen-bond donors (Lipinski definition) is 1. The summed E-state index contributed by atoms with van der Waals surface area (Å²) in [5, 5.41) is 9.46. The summed E-state index contributed by atoms with van der Waals surface area (Å²) < 4.78 is 28.9. The van der Waals surface area contributed by atoms with Crippen molar-refractivity contribution < 1.29 is 18.3 Å². The summed E-state index contributed by atoms with van der Waals surface area (Å²) in [7, 11) is -1.60. The van der Waals surface area contributed by atoms with Gasteiger partial charge in [-0.3, -0.25) is 0 Å². The summed E-state index contributed by atoms with van der Waals surface area (Å²) >= 11 is 2.97. The lowest BCUT2D eigenvalue weighted by atomic mass is 10.4. The Morgan fingerprint density at radius 1 is 1.55 bits per heavy atom. The monoisotopic (exact) mass is 338 g/mol. The van der Waals surface area contributed by atoms with Crippen LogP contribution in [0.1, 0.15) is 10.6 Å². The summed E-state index contributed by atoms with van der Waals surface area (Å²) in [6.07, 6.45) is 1.26. The third-order valence-electron chi connectivity index (χ3n) is 3.02. The van der Waals surface area contributed by atoms with Crippen LogP contribution in [0.15, 0.2) is 0 Å². The molecule has 9 heteroatoms. The van der Waals surface area contributed by atoms with E-state index in [-0.39, 0.29) is 6.61 Å². The second-order valence-electron chi connectivity index (χ2n) is 4.51. The molecule has 0 radical (unpaired) electrons. The summed E-state index contributed by atoms with van der Waals surface area (Å²) in [4.78, 5) is 7.00. The van der Waals surface area contributed by atoms with Crippen molar-refractivity contribution in [2.75, 3.05) is 36.3 Å². The van der Waals surface area contributed by atoms with E-state index in [2.05, 4.69) is 4.98 Å². The Balaban J connectivity index is 2.33. The highest BCUT2D eigenvalue weighted by atomic mass is 32.2. The van der Waals surface area contributed by atoms with Gasteiger partial charge in [0, 0.05) is 31.4 Å². The summed E-state index contributed by atoms with van der Waals surface area (Å²) in [5.74, 6) is 1.42. The first kappa shape index (κ1) is 16.0. The Kier molecular flexibility index (Phi) is 5.30. The molecule has 0 saturated carbocycles. The van der Waals surface area contributed by atoms with E-state index in [1.807, 2.05) is 4.90 Å². The number of anilines is 1. The second kappa shape index (κ2) is 6.61. The molecule has 1 saturated heterocycles. The minimum atomic E-state index is -3.17. The molecule has 6 nitrogen and oxygen atoms in total. The number of aromatic nitrogens is 1. The van der Waals surface area contributed by atoms with Crippen molar-refractivity contribution in [3.8, 4) is 0 Å². The van der Waals surface area contributed by atoms with Crippen LogP contribution in [0.5, 0.6) is 0 Å². The number of thiazole rings is 1. The highest BCUT2D eigenvalue weighted by Crippen LogP contribution is 2.32. The Morgan fingerprint density at radius 3 is 2.90 bits per heavy atom. The zero-order valence-corrected chi connectivity index (χ0v) is 13.9. The maximum Gasteiger partial charge on any atom is 0.187 e. The van der Waals surface area contributed by atoms with Gasteiger partial charge in [0.05, 0.1) is 23.8 Å². The van der Waals surface area contributed by atoms with E-state index in [0.29, 0.717) is 29.7 Å². The SMILES string of the molecule is COCc1nc(N2CCSCC2S(C)(=O)=O)sc1CO. The Hall–Kier alpha value is -0.350. The zero-order valence-electron chi connectivity index (χ0n) is 11.4. The van der Waals surface area contributed by atoms with Crippen molar-refractivity contribution in [3.05, 3.63) is 10.6 Å². The molecule has 0 aliphatic carbocycles. The smallest absolute Gasteiger partial charge is 0.187 e. The van der Waals surface area contributed by atoms with Crippen molar-refractivity contribution in [2.24, 2.45) is 0 Å². The molecule has 1 unspecified atom stereocenters. The fraction of sp³-hybridized carbons (Fsp3) is 0.727. The van der Waals surface area contributed by atoms with Crippen LogP contribution < -0.4 is 4.90 Å². The van der Waals surface area contributed by atoms with Gasteiger partial charge >= 0.3 is 0 Å². The van der Waals surface area contributed by atoms with Crippen molar-refractivity contribution in [1.82, 2.24) is 4.98 Å². The van der Waals surface area contributed by atoms with Crippen LogP contribution in [0, 0.1) is 0 Å². The third kappa shape index (κ3) is 3.45. The van der Waals surface area contributed by atoms with Gasteiger partial charge < -0.3 is 14.7 Å². The number of aliphatic hydroxyl groups excluding tert-OH is 1. The lowest BCUT2D eigenvalue weighted by molar-refractivity contribution is 0.179. The molecule has 20 heavy (non-hydrogen) atoms. The minimum absolute atomic E-state index is 0.109. The molecule has 2 heterocycles. The van der Waals surface area contributed by atoms with Crippen LogP contribution in [-0.2, 0) is 27.8 Å². The van der Waals surface area contributed by atoms with E-state index < -0.39 is 15.2 Å².